The van der Waals surface area contributed by atoms with E-state index >= 15 is 0 Å². The van der Waals surface area contributed by atoms with Crippen LogP contribution in [0, 0.1) is 5.82 Å². The van der Waals surface area contributed by atoms with Gasteiger partial charge in [-0.05, 0) is 36.4 Å². The molecule has 3 nitrogen and oxygen atoms in total. The summed E-state index contributed by atoms with van der Waals surface area (Å²) in [5, 5.41) is 1.52. The molecule has 2 heterocycles. The molecule has 2 aromatic heterocycles. The Morgan fingerprint density at radius 1 is 0.967 bits per heavy atom. The van der Waals surface area contributed by atoms with Crippen molar-refractivity contribution in [2.24, 2.45) is 0 Å². The predicted molar refractivity (Wildman–Crippen MR) is 119 cm³/mol. The molecular formula is C25H17FNO2S+. The fourth-order valence-corrected chi connectivity index (χ4v) is 4.59. The van der Waals surface area contributed by atoms with Gasteiger partial charge in [0.1, 0.15) is 22.4 Å². The van der Waals surface area contributed by atoms with Gasteiger partial charge in [-0.1, -0.05) is 47.7 Å². The van der Waals surface area contributed by atoms with E-state index in [1.807, 2.05) is 42.5 Å². The lowest BCUT2D eigenvalue weighted by atomic mass is 10.1. The Hall–Kier alpha value is -3.57. The van der Waals surface area contributed by atoms with E-state index < -0.39 is 0 Å². The molecule has 0 saturated carbocycles. The number of aromatic nitrogens is 1. The molecular weight excluding hydrogens is 397 g/mol. The topological polar surface area (TPSA) is 34.1 Å². The molecule has 0 bridgehead atoms. The van der Waals surface area contributed by atoms with Gasteiger partial charge in [0.15, 0.2) is 12.0 Å². The number of rotatable bonds is 4. The Labute approximate surface area is 176 Å². The third-order valence-corrected chi connectivity index (χ3v) is 6.11. The van der Waals surface area contributed by atoms with Crippen molar-refractivity contribution in [3.8, 4) is 0 Å². The van der Waals surface area contributed by atoms with Crippen LogP contribution in [0.4, 0.5) is 4.39 Å². The Morgan fingerprint density at radius 2 is 1.80 bits per heavy atom. The Bertz CT molecular complexity index is 1470. The zero-order chi connectivity index (χ0) is 20.5. The second kappa shape index (κ2) is 7.69. The molecule has 0 unspecified atom stereocenters. The van der Waals surface area contributed by atoms with E-state index in [1.165, 1.54) is 12.3 Å². The highest BCUT2D eigenvalue weighted by molar-refractivity contribution is 7.18. The summed E-state index contributed by atoms with van der Waals surface area (Å²) in [4.78, 5) is 12.8. The lowest BCUT2D eigenvalue weighted by molar-refractivity contribution is -0.659. The summed E-state index contributed by atoms with van der Waals surface area (Å²) in [6.45, 7) is 0.535. The molecule has 5 rings (SSSR count). The van der Waals surface area contributed by atoms with Gasteiger partial charge in [0.25, 0.3) is 5.01 Å². The van der Waals surface area contributed by atoms with Gasteiger partial charge < -0.3 is 4.42 Å². The first-order valence-corrected chi connectivity index (χ1v) is 10.4. The van der Waals surface area contributed by atoms with Crippen molar-refractivity contribution in [3.05, 3.63) is 111 Å². The quantitative estimate of drug-likeness (QED) is 0.356. The number of halogens is 1. The van der Waals surface area contributed by atoms with Crippen LogP contribution < -0.4 is 10.00 Å². The van der Waals surface area contributed by atoms with Crippen LogP contribution in [0.25, 0.3) is 33.3 Å². The van der Waals surface area contributed by atoms with Gasteiger partial charge in [-0.3, -0.25) is 4.79 Å². The van der Waals surface area contributed by atoms with Crippen LogP contribution in [0.5, 0.6) is 0 Å². The summed E-state index contributed by atoms with van der Waals surface area (Å²) in [6.07, 6.45) is 5.20. The summed E-state index contributed by atoms with van der Waals surface area (Å²) in [6, 6.07) is 21.9. The lowest BCUT2D eigenvalue weighted by Crippen LogP contribution is -2.35. The maximum Gasteiger partial charge on any atom is 0.263 e. The van der Waals surface area contributed by atoms with Crippen LogP contribution >= 0.6 is 11.3 Å². The Morgan fingerprint density at radius 3 is 2.70 bits per heavy atom. The van der Waals surface area contributed by atoms with Crippen molar-refractivity contribution >= 4 is 44.7 Å². The van der Waals surface area contributed by atoms with Gasteiger partial charge in [-0.25, -0.2) is 4.39 Å². The summed E-state index contributed by atoms with van der Waals surface area (Å²) in [7, 11) is 0. The maximum absolute atomic E-state index is 13.7. The van der Waals surface area contributed by atoms with E-state index in [9.17, 15) is 9.18 Å². The van der Waals surface area contributed by atoms with E-state index in [1.54, 1.807) is 41.7 Å². The number of para-hydroxylation sites is 2. The summed E-state index contributed by atoms with van der Waals surface area (Å²) >= 11 is 1.63. The molecule has 0 fully saturated rings. The molecule has 5 aromatic rings. The minimum Gasteiger partial charge on any atom is -0.463 e. The number of fused-ring (bicyclic) bond motifs is 2. The van der Waals surface area contributed by atoms with E-state index in [-0.39, 0.29) is 11.2 Å². The molecule has 0 spiro atoms. The van der Waals surface area contributed by atoms with Crippen molar-refractivity contribution in [2.75, 3.05) is 0 Å². The van der Waals surface area contributed by atoms with Gasteiger partial charge in [0, 0.05) is 17.7 Å². The van der Waals surface area contributed by atoms with Crippen molar-refractivity contribution in [1.82, 2.24) is 0 Å². The Kier molecular flexibility index (Phi) is 4.73. The van der Waals surface area contributed by atoms with Gasteiger partial charge in [0.2, 0.25) is 5.52 Å². The number of hydrogen-bond donors (Lipinski definition) is 0. The van der Waals surface area contributed by atoms with E-state index in [0.717, 1.165) is 20.8 Å². The molecule has 0 amide bonds. The number of hydrogen-bond acceptors (Lipinski definition) is 3. The molecule has 146 valence electrons. The average molecular weight is 414 g/mol. The highest BCUT2D eigenvalue weighted by Crippen LogP contribution is 2.23. The van der Waals surface area contributed by atoms with Crippen LogP contribution in [0.2, 0.25) is 0 Å². The smallest absolute Gasteiger partial charge is 0.263 e. The van der Waals surface area contributed by atoms with Crippen LogP contribution in [0.3, 0.4) is 0 Å². The van der Waals surface area contributed by atoms with Crippen LogP contribution in [-0.2, 0) is 6.54 Å². The maximum atomic E-state index is 13.7. The third-order valence-electron chi connectivity index (χ3n) is 4.98. The first-order valence-electron chi connectivity index (χ1n) is 9.53. The number of thiazole rings is 1. The zero-order valence-electron chi connectivity index (χ0n) is 15.9. The monoisotopic (exact) mass is 414 g/mol. The predicted octanol–water partition coefficient (Wildman–Crippen LogP) is 5.65. The van der Waals surface area contributed by atoms with E-state index in [0.29, 0.717) is 23.1 Å². The highest BCUT2D eigenvalue weighted by Gasteiger charge is 2.19. The summed E-state index contributed by atoms with van der Waals surface area (Å²) in [5.41, 5.74) is 2.94. The van der Waals surface area contributed by atoms with Crippen LogP contribution in [0.1, 0.15) is 16.1 Å². The molecule has 0 atom stereocenters. The van der Waals surface area contributed by atoms with Crippen molar-refractivity contribution in [1.29, 1.82) is 0 Å². The largest absolute Gasteiger partial charge is 0.463 e. The number of benzene rings is 3. The normalized spacial score (nSPS) is 11.6. The van der Waals surface area contributed by atoms with E-state index in [4.69, 9.17) is 4.42 Å². The average Bonchev–Trinajstić information content (AvgIpc) is 3.11. The van der Waals surface area contributed by atoms with Crippen molar-refractivity contribution in [3.63, 3.8) is 0 Å². The van der Waals surface area contributed by atoms with E-state index in [2.05, 4.69) is 10.6 Å². The summed E-state index contributed by atoms with van der Waals surface area (Å²) < 4.78 is 22.6. The van der Waals surface area contributed by atoms with Gasteiger partial charge in [-0.15, -0.1) is 0 Å². The van der Waals surface area contributed by atoms with Crippen molar-refractivity contribution in [2.45, 2.75) is 6.54 Å². The Balaban J connectivity index is 1.59. The molecule has 3 aromatic carbocycles. The molecule has 0 N–H and O–H groups in total. The van der Waals surface area contributed by atoms with Gasteiger partial charge >= 0.3 is 0 Å². The fourth-order valence-electron chi connectivity index (χ4n) is 3.53. The first kappa shape index (κ1) is 18.5. The minimum absolute atomic E-state index is 0.0640. The van der Waals surface area contributed by atoms with Gasteiger partial charge in [-0.2, -0.15) is 4.57 Å². The van der Waals surface area contributed by atoms with Crippen molar-refractivity contribution < 1.29 is 13.4 Å². The summed E-state index contributed by atoms with van der Waals surface area (Å²) in [5.74, 6) is -0.251. The zero-order valence-corrected chi connectivity index (χ0v) is 16.7. The molecule has 0 saturated heterocycles. The molecule has 0 radical (unpaired) electrons. The molecule has 5 heteroatoms. The molecule has 0 aliphatic heterocycles. The molecule has 0 aliphatic rings. The number of nitrogens with zero attached hydrogens (tertiary/aromatic N) is 1. The van der Waals surface area contributed by atoms with Crippen LogP contribution in [-0.4, -0.2) is 0 Å². The second-order valence-corrected chi connectivity index (χ2v) is 8.04. The highest BCUT2D eigenvalue weighted by atomic mass is 32.1. The second-order valence-electron chi connectivity index (χ2n) is 6.97. The third kappa shape index (κ3) is 3.44. The molecule has 0 aliphatic carbocycles. The molecule has 30 heavy (non-hydrogen) atoms. The lowest BCUT2D eigenvalue weighted by Gasteiger charge is -1.99. The van der Waals surface area contributed by atoms with Crippen LogP contribution in [0.15, 0.2) is 88.3 Å². The first-order chi connectivity index (χ1) is 14.7. The van der Waals surface area contributed by atoms with Gasteiger partial charge in [0.05, 0.1) is 10.9 Å². The minimum atomic E-state index is -0.251. The fraction of sp³-hybridized carbons (Fsp3) is 0.0400. The standard InChI is InChI=1S/C25H17FNO2S/c26-19-7-5-6-17(14-19)15-27-21-9-2-4-11-23(21)30-24(27)13-12-18-16-29-22-10-3-1-8-20(22)25(18)28/h1-14,16H,15H2/q+1. The SMILES string of the molecule is O=c1c(C=Cc2sc3ccccc3[n+]2Cc2cccc(F)c2)coc2ccccc12.